The Morgan fingerprint density at radius 3 is 2.32 bits per heavy atom. The summed E-state index contributed by atoms with van der Waals surface area (Å²) in [4.78, 5) is 0. The van der Waals surface area contributed by atoms with Gasteiger partial charge in [0.2, 0.25) is 0 Å². The van der Waals surface area contributed by atoms with Gasteiger partial charge in [-0.15, -0.1) is 0 Å². The average molecular weight is 266 g/mol. The van der Waals surface area contributed by atoms with Crippen LogP contribution in [0.15, 0.2) is 0 Å². The molecule has 19 heavy (non-hydrogen) atoms. The first-order chi connectivity index (χ1) is 8.86. The lowest BCUT2D eigenvalue weighted by Gasteiger charge is -2.48. The highest BCUT2D eigenvalue weighted by Gasteiger charge is 2.52. The highest BCUT2D eigenvalue weighted by atomic mass is 16.5. The van der Waals surface area contributed by atoms with Crippen molar-refractivity contribution < 1.29 is 9.47 Å². The van der Waals surface area contributed by atoms with Gasteiger partial charge in [0.15, 0.2) is 0 Å². The Bertz CT molecular complexity index is 331. The lowest BCUT2D eigenvalue weighted by Crippen LogP contribution is -2.52. The monoisotopic (exact) mass is 266 g/mol. The molecule has 3 aliphatic rings. The molecule has 6 unspecified atom stereocenters. The Morgan fingerprint density at radius 2 is 1.79 bits per heavy atom. The molecule has 3 heterocycles. The number of fused-ring (bicyclic) bond motifs is 2. The summed E-state index contributed by atoms with van der Waals surface area (Å²) in [5.41, 5.74) is 0.372. The molecule has 3 saturated heterocycles. The van der Waals surface area contributed by atoms with Gasteiger partial charge in [0.05, 0.1) is 24.9 Å². The van der Waals surface area contributed by atoms with Crippen molar-refractivity contribution >= 4 is 0 Å². The Hall–Kier alpha value is -0.0800. The molecule has 0 N–H and O–H groups in total. The van der Waals surface area contributed by atoms with Gasteiger partial charge in [-0.05, 0) is 36.5 Å². The predicted octanol–water partition coefficient (Wildman–Crippen LogP) is 3.89. The van der Waals surface area contributed by atoms with Crippen LogP contribution in [-0.2, 0) is 9.47 Å². The van der Waals surface area contributed by atoms with Gasteiger partial charge in [0.1, 0.15) is 0 Å². The molecule has 0 aromatic carbocycles. The van der Waals surface area contributed by atoms with Crippen molar-refractivity contribution in [2.75, 3.05) is 6.61 Å². The normalized spacial score (nSPS) is 46.4. The Labute approximate surface area is 118 Å². The maximum Gasteiger partial charge on any atom is 0.0684 e. The van der Waals surface area contributed by atoms with E-state index in [1.165, 1.54) is 19.3 Å². The fraction of sp³-hybridized carbons (Fsp3) is 1.00. The fourth-order valence-electron chi connectivity index (χ4n) is 4.33. The lowest BCUT2D eigenvalue weighted by molar-refractivity contribution is -0.190. The zero-order valence-corrected chi connectivity index (χ0v) is 13.2. The van der Waals surface area contributed by atoms with Crippen LogP contribution in [-0.4, -0.2) is 24.9 Å². The third kappa shape index (κ3) is 2.47. The second kappa shape index (κ2) is 4.73. The molecule has 0 aliphatic carbocycles. The van der Waals surface area contributed by atoms with E-state index in [1.54, 1.807) is 0 Å². The predicted molar refractivity (Wildman–Crippen MR) is 77.0 cm³/mol. The molecule has 0 radical (unpaired) electrons. The molecule has 3 rings (SSSR count). The number of rotatable bonds is 2. The summed E-state index contributed by atoms with van der Waals surface area (Å²) in [5, 5.41) is 0. The van der Waals surface area contributed by atoms with Crippen LogP contribution in [0.1, 0.15) is 53.9 Å². The smallest absolute Gasteiger partial charge is 0.0684 e. The molecule has 0 saturated carbocycles. The Morgan fingerprint density at radius 1 is 1.05 bits per heavy atom. The molecule has 110 valence electrons. The summed E-state index contributed by atoms with van der Waals surface area (Å²) < 4.78 is 12.2. The van der Waals surface area contributed by atoms with Crippen LogP contribution in [0.4, 0.5) is 0 Å². The van der Waals surface area contributed by atoms with Gasteiger partial charge in [-0.1, -0.05) is 34.6 Å². The van der Waals surface area contributed by atoms with Crippen molar-refractivity contribution in [2.24, 2.45) is 29.1 Å². The van der Waals surface area contributed by atoms with Gasteiger partial charge in [-0.3, -0.25) is 0 Å². The summed E-state index contributed by atoms with van der Waals surface area (Å²) in [6, 6.07) is 0. The van der Waals surface area contributed by atoms with Crippen LogP contribution in [0.3, 0.4) is 0 Å². The molecule has 2 nitrogen and oxygen atoms in total. The van der Waals surface area contributed by atoms with E-state index in [0.29, 0.717) is 29.6 Å². The van der Waals surface area contributed by atoms with E-state index in [0.717, 1.165) is 24.4 Å². The Kier molecular flexibility index (Phi) is 3.46. The van der Waals surface area contributed by atoms with E-state index in [2.05, 4.69) is 34.6 Å². The second-order valence-corrected chi connectivity index (χ2v) is 8.44. The minimum absolute atomic E-state index is 0.372. The summed E-state index contributed by atoms with van der Waals surface area (Å²) in [6.45, 7) is 12.7. The van der Waals surface area contributed by atoms with Crippen molar-refractivity contribution in [3.8, 4) is 0 Å². The van der Waals surface area contributed by atoms with Crippen LogP contribution in [0, 0.1) is 29.1 Å². The molecular weight excluding hydrogens is 236 g/mol. The first kappa shape index (κ1) is 13.9. The highest BCUT2D eigenvalue weighted by molar-refractivity contribution is 5.00. The van der Waals surface area contributed by atoms with Crippen LogP contribution in [0.2, 0.25) is 0 Å². The molecular formula is C17H30O2. The van der Waals surface area contributed by atoms with E-state index in [-0.39, 0.29) is 0 Å². The summed E-state index contributed by atoms with van der Waals surface area (Å²) in [6.07, 6.45) is 5.22. The third-order valence-corrected chi connectivity index (χ3v) is 5.82. The van der Waals surface area contributed by atoms with Crippen molar-refractivity contribution in [3.63, 3.8) is 0 Å². The quantitative estimate of drug-likeness (QED) is 0.755. The van der Waals surface area contributed by atoms with E-state index in [9.17, 15) is 0 Å². The molecule has 0 amide bonds. The minimum Gasteiger partial charge on any atom is -0.377 e. The molecule has 0 aromatic heterocycles. The van der Waals surface area contributed by atoms with Gasteiger partial charge >= 0.3 is 0 Å². The zero-order valence-electron chi connectivity index (χ0n) is 13.2. The van der Waals surface area contributed by atoms with Crippen LogP contribution < -0.4 is 0 Å². The number of ether oxygens (including phenoxy) is 2. The van der Waals surface area contributed by atoms with E-state index < -0.39 is 0 Å². The van der Waals surface area contributed by atoms with E-state index in [1.807, 2.05) is 0 Å². The third-order valence-electron chi connectivity index (χ3n) is 5.82. The first-order valence-electron chi connectivity index (χ1n) is 8.13. The SMILES string of the molecule is CC(C)C1CC2CC(C3OCC3C(C)(C)C)C(C1)O2. The van der Waals surface area contributed by atoms with Crippen LogP contribution in [0.25, 0.3) is 0 Å². The van der Waals surface area contributed by atoms with Crippen molar-refractivity contribution in [1.29, 1.82) is 0 Å². The molecule has 2 bridgehead atoms. The fourth-order valence-corrected chi connectivity index (χ4v) is 4.33. The molecule has 3 fully saturated rings. The van der Waals surface area contributed by atoms with Crippen molar-refractivity contribution in [3.05, 3.63) is 0 Å². The van der Waals surface area contributed by atoms with Crippen molar-refractivity contribution in [1.82, 2.24) is 0 Å². The summed E-state index contributed by atoms with van der Waals surface area (Å²) in [5.74, 6) is 3.04. The lowest BCUT2D eigenvalue weighted by atomic mass is 9.69. The van der Waals surface area contributed by atoms with E-state index in [4.69, 9.17) is 9.47 Å². The largest absolute Gasteiger partial charge is 0.377 e. The van der Waals surface area contributed by atoms with Crippen molar-refractivity contribution in [2.45, 2.75) is 72.2 Å². The summed E-state index contributed by atoms with van der Waals surface area (Å²) in [7, 11) is 0. The van der Waals surface area contributed by atoms with Gasteiger partial charge < -0.3 is 9.47 Å². The molecule has 0 spiro atoms. The maximum absolute atomic E-state index is 6.23. The number of hydrogen-bond donors (Lipinski definition) is 0. The number of hydrogen-bond acceptors (Lipinski definition) is 2. The molecule has 6 atom stereocenters. The van der Waals surface area contributed by atoms with Gasteiger partial charge in [-0.25, -0.2) is 0 Å². The van der Waals surface area contributed by atoms with Crippen LogP contribution in [0.5, 0.6) is 0 Å². The second-order valence-electron chi connectivity index (χ2n) is 8.44. The van der Waals surface area contributed by atoms with Gasteiger partial charge in [0.25, 0.3) is 0 Å². The van der Waals surface area contributed by atoms with E-state index >= 15 is 0 Å². The molecule has 2 heteroatoms. The maximum atomic E-state index is 6.23. The average Bonchev–Trinajstić information content (AvgIpc) is 2.49. The van der Waals surface area contributed by atoms with Crippen LogP contribution >= 0.6 is 0 Å². The topological polar surface area (TPSA) is 18.5 Å². The first-order valence-corrected chi connectivity index (χ1v) is 8.13. The van der Waals surface area contributed by atoms with Gasteiger partial charge in [-0.2, -0.15) is 0 Å². The standard InChI is InChI=1S/C17H30O2/c1-10(2)11-6-12-8-13(15(7-11)19-12)16-14(9-18-16)17(3,4)5/h10-16H,6-9H2,1-5H3. The molecule has 0 aromatic rings. The Balaban J connectivity index is 1.68. The molecule has 3 aliphatic heterocycles. The highest BCUT2D eigenvalue weighted by Crippen LogP contribution is 2.50. The zero-order chi connectivity index (χ0) is 13.8. The minimum atomic E-state index is 0.372. The van der Waals surface area contributed by atoms with Gasteiger partial charge in [0, 0.05) is 11.8 Å². The summed E-state index contributed by atoms with van der Waals surface area (Å²) >= 11 is 0.